The van der Waals surface area contributed by atoms with Crippen LogP contribution in [-0.2, 0) is 20.6 Å². The lowest BCUT2D eigenvalue weighted by atomic mass is 10.2. The number of hydroxylamine groups is 1. The zero-order valence-electron chi connectivity index (χ0n) is 13.3. The summed E-state index contributed by atoms with van der Waals surface area (Å²) in [5.41, 5.74) is 2.87. The summed E-state index contributed by atoms with van der Waals surface area (Å²) in [7, 11) is -1.42. The highest BCUT2D eigenvalue weighted by molar-refractivity contribution is 7.84. The number of amides is 1. The number of hydrogen-bond donors (Lipinski definition) is 2. The highest BCUT2D eigenvalue weighted by Crippen LogP contribution is 2.23. The molecular weight excluding hydrogens is 340 g/mol. The van der Waals surface area contributed by atoms with Crippen molar-refractivity contribution >= 4 is 28.7 Å². The van der Waals surface area contributed by atoms with Crippen molar-refractivity contribution in [3.8, 4) is 0 Å². The van der Waals surface area contributed by atoms with Gasteiger partial charge in [0.05, 0.1) is 10.9 Å². The zero-order valence-corrected chi connectivity index (χ0v) is 14.9. The first kappa shape index (κ1) is 18.2. The Labute approximate surface area is 143 Å². The number of carbonyl (C=O) groups is 1. The molecule has 0 saturated heterocycles. The molecule has 1 amide bonds. The minimum Gasteiger partial charge on any atom is -0.424 e. The fourth-order valence-corrected chi connectivity index (χ4v) is 2.38. The van der Waals surface area contributed by atoms with E-state index >= 15 is 0 Å². The molecule has 0 aromatic heterocycles. The van der Waals surface area contributed by atoms with E-state index in [4.69, 9.17) is 21.2 Å². The summed E-state index contributed by atoms with van der Waals surface area (Å²) in [5.74, 6) is 0. The quantitative estimate of drug-likeness (QED) is 0.603. The van der Waals surface area contributed by atoms with Crippen LogP contribution in [0.4, 0.5) is 4.79 Å². The molecule has 0 heterocycles. The number of nitrogens with one attached hydrogen (secondary N) is 2. The van der Waals surface area contributed by atoms with Crippen molar-refractivity contribution in [3.05, 3.63) is 34.9 Å². The lowest BCUT2D eigenvalue weighted by molar-refractivity contribution is 0.00152. The number of hydrogen-bond acceptors (Lipinski definition) is 4. The summed E-state index contributed by atoms with van der Waals surface area (Å²) >= 11 is 5.87. The Kier molecular flexibility index (Phi) is 6.02. The first-order valence-corrected chi connectivity index (χ1v) is 8.84. The molecule has 0 bridgehead atoms. The lowest BCUT2D eigenvalue weighted by Crippen LogP contribution is -2.39. The fraction of sp³-hybridized carbons (Fsp3) is 0.533. The average molecular weight is 361 g/mol. The van der Waals surface area contributed by atoms with Crippen molar-refractivity contribution < 1.29 is 18.6 Å². The predicted molar refractivity (Wildman–Crippen MR) is 88.9 cm³/mol. The molecule has 23 heavy (non-hydrogen) atoms. The largest absolute Gasteiger partial charge is 0.433 e. The number of rotatable bonds is 6. The number of ether oxygens (including phenoxy) is 1. The molecule has 1 aromatic rings. The van der Waals surface area contributed by atoms with E-state index in [1.54, 1.807) is 24.3 Å². The van der Waals surface area contributed by atoms with E-state index < -0.39 is 28.1 Å². The van der Waals surface area contributed by atoms with E-state index in [0.717, 1.165) is 12.8 Å². The van der Waals surface area contributed by atoms with Gasteiger partial charge in [-0.1, -0.05) is 23.7 Å². The van der Waals surface area contributed by atoms with Gasteiger partial charge in [-0.15, -0.1) is 0 Å². The number of halogens is 1. The second-order valence-corrected chi connectivity index (χ2v) is 8.69. The molecule has 1 aliphatic rings. The molecule has 2 unspecified atom stereocenters. The Morgan fingerprint density at radius 2 is 1.91 bits per heavy atom. The summed E-state index contributed by atoms with van der Waals surface area (Å²) in [6.07, 6.45) is 0.291. The van der Waals surface area contributed by atoms with Crippen LogP contribution < -0.4 is 10.2 Å². The summed E-state index contributed by atoms with van der Waals surface area (Å²) in [6.45, 7) is 5.47. The molecule has 2 N–H and O–H groups in total. The summed E-state index contributed by atoms with van der Waals surface area (Å²) < 4.78 is 19.9. The van der Waals surface area contributed by atoms with Crippen LogP contribution in [0.1, 0.15) is 45.4 Å². The summed E-state index contributed by atoms with van der Waals surface area (Å²) in [4.78, 5) is 16.9. The van der Waals surface area contributed by atoms with Crippen molar-refractivity contribution in [1.82, 2.24) is 10.2 Å². The lowest BCUT2D eigenvalue weighted by Gasteiger charge is -2.24. The maximum absolute atomic E-state index is 12.3. The van der Waals surface area contributed by atoms with Crippen molar-refractivity contribution in [2.75, 3.05) is 0 Å². The molecule has 8 heteroatoms. The van der Waals surface area contributed by atoms with Gasteiger partial charge in [0.15, 0.2) is 6.23 Å². The molecular formula is C15H21ClN2O4S. The third-order valence-electron chi connectivity index (χ3n) is 3.00. The van der Waals surface area contributed by atoms with E-state index in [-0.39, 0.29) is 6.10 Å². The first-order valence-electron chi connectivity index (χ1n) is 7.31. The normalized spacial score (nSPS) is 17.4. The molecule has 1 fully saturated rings. The highest BCUT2D eigenvalue weighted by atomic mass is 35.5. The standard InChI is InChI=1S/C15H21ClN2O4S/c1-15(2,3)23(20)18-13(10-4-6-11(16)7-5-10)21-14(19)17-22-12-8-9-12/h4-7,12-13,18H,8-9H2,1-3H3,(H,17,19). The van der Waals surface area contributed by atoms with Gasteiger partial charge >= 0.3 is 6.09 Å². The van der Waals surface area contributed by atoms with Crippen LogP contribution >= 0.6 is 11.6 Å². The van der Waals surface area contributed by atoms with E-state index in [2.05, 4.69) is 10.2 Å². The van der Waals surface area contributed by atoms with Crippen LogP contribution in [0.3, 0.4) is 0 Å². The van der Waals surface area contributed by atoms with Gasteiger partial charge in [-0.3, -0.25) is 4.84 Å². The third-order valence-corrected chi connectivity index (χ3v) is 4.79. The number of benzene rings is 1. The summed E-state index contributed by atoms with van der Waals surface area (Å²) in [6, 6.07) is 6.75. The predicted octanol–water partition coefficient (Wildman–Crippen LogP) is 3.21. The van der Waals surface area contributed by atoms with Crippen LogP contribution in [0.2, 0.25) is 5.02 Å². The zero-order chi connectivity index (χ0) is 17.0. The van der Waals surface area contributed by atoms with Crippen LogP contribution in [-0.4, -0.2) is 21.2 Å². The van der Waals surface area contributed by atoms with Crippen molar-refractivity contribution in [1.29, 1.82) is 0 Å². The van der Waals surface area contributed by atoms with E-state index in [1.807, 2.05) is 20.8 Å². The fourth-order valence-electron chi connectivity index (χ4n) is 1.52. The van der Waals surface area contributed by atoms with Gasteiger partial charge in [0, 0.05) is 10.6 Å². The maximum atomic E-state index is 12.3. The SMILES string of the molecule is CC(C)(C)S(=O)NC(OC(=O)NOC1CC1)c1ccc(Cl)cc1. The smallest absolute Gasteiger partial charge is 0.424 e. The van der Waals surface area contributed by atoms with Gasteiger partial charge in [0.1, 0.15) is 11.0 Å². The van der Waals surface area contributed by atoms with Gasteiger partial charge < -0.3 is 4.74 Å². The molecule has 128 valence electrons. The molecule has 2 atom stereocenters. The summed E-state index contributed by atoms with van der Waals surface area (Å²) in [5, 5.41) is 0.561. The molecule has 1 aliphatic carbocycles. The van der Waals surface area contributed by atoms with Gasteiger partial charge in [0.2, 0.25) is 0 Å². The molecule has 0 spiro atoms. The van der Waals surface area contributed by atoms with Crippen LogP contribution in [0.25, 0.3) is 0 Å². The van der Waals surface area contributed by atoms with Crippen LogP contribution in [0.15, 0.2) is 24.3 Å². The second-order valence-electron chi connectivity index (χ2n) is 6.26. The monoisotopic (exact) mass is 360 g/mol. The molecule has 1 aromatic carbocycles. The van der Waals surface area contributed by atoms with E-state index in [1.165, 1.54) is 0 Å². The molecule has 1 saturated carbocycles. The second kappa shape index (κ2) is 7.61. The average Bonchev–Trinajstić information content (AvgIpc) is 3.28. The minimum atomic E-state index is -1.42. The van der Waals surface area contributed by atoms with Crippen LogP contribution in [0.5, 0.6) is 0 Å². The van der Waals surface area contributed by atoms with Gasteiger partial charge in [-0.05, 0) is 45.7 Å². The van der Waals surface area contributed by atoms with E-state index in [0.29, 0.717) is 10.6 Å². The highest BCUT2D eigenvalue weighted by Gasteiger charge is 2.27. The van der Waals surface area contributed by atoms with Crippen molar-refractivity contribution in [2.45, 2.75) is 50.7 Å². The molecule has 2 rings (SSSR count). The van der Waals surface area contributed by atoms with Crippen LogP contribution in [0, 0.1) is 0 Å². The minimum absolute atomic E-state index is 0.0631. The van der Waals surface area contributed by atoms with Crippen molar-refractivity contribution in [3.63, 3.8) is 0 Å². The van der Waals surface area contributed by atoms with E-state index in [9.17, 15) is 9.00 Å². The Balaban J connectivity index is 2.04. The molecule has 0 radical (unpaired) electrons. The first-order chi connectivity index (χ1) is 10.8. The Hall–Kier alpha value is -1.15. The van der Waals surface area contributed by atoms with Crippen molar-refractivity contribution in [2.24, 2.45) is 0 Å². The third kappa shape index (κ3) is 6.10. The topological polar surface area (TPSA) is 76.7 Å². The van der Waals surface area contributed by atoms with Gasteiger partial charge in [-0.25, -0.2) is 9.00 Å². The number of carbonyl (C=O) groups excluding carboxylic acids is 1. The van der Waals surface area contributed by atoms with Gasteiger partial charge in [0.25, 0.3) is 0 Å². The van der Waals surface area contributed by atoms with Gasteiger partial charge in [-0.2, -0.15) is 10.2 Å². The molecule has 0 aliphatic heterocycles. The Bertz CT molecular complexity index is 570. The maximum Gasteiger partial charge on any atom is 0.433 e. The molecule has 6 nitrogen and oxygen atoms in total. The Morgan fingerprint density at radius 3 is 2.43 bits per heavy atom. The Morgan fingerprint density at radius 1 is 1.30 bits per heavy atom.